The Balaban J connectivity index is 1.40. The first-order chi connectivity index (χ1) is 16.0. The number of hydrogen-bond donors (Lipinski definition) is 3. The van der Waals surface area contributed by atoms with Gasteiger partial charge in [0.05, 0.1) is 16.5 Å². The summed E-state index contributed by atoms with van der Waals surface area (Å²) >= 11 is 5.92. The number of rotatable bonds is 3. The van der Waals surface area contributed by atoms with Gasteiger partial charge in [0.15, 0.2) is 5.78 Å². The number of Topliss-reactive ketones (excluding diaryl/α,β-unsaturated/α-hetero) is 1. The number of aliphatic hydroxyl groups excluding tert-OH is 1. The molecule has 0 aliphatic heterocycles. The lowest BCUT2D eigenvalue weighted by Gasteiger charge is -2.56. The lowest BCUT2D eigenvalue weighted by molar-refractivity contribution is -0.178. The van der Waals surface area contributed by atoms with Crippen molar-refractivity contribution < 1.29 is 24.2 Å². The van der Waals surface area contributed by atoms with E-state index in [-0.39, 0.29) is 41.0 Å². The van der Waals surface area contributed by atoms with Gasteiger partial charge in [-0.3, -0.25) is 9.59 Å². The first kappa shape index (κ1) is 22.4. The van der Waals surface area contributed by atoms with Crippen LogP contribution in [0.25, 0.3) is 0 Å². The Morgan fingerprint density at radius 3 is 2.88 bits per heavy atom. The van der Waals surface area contributed by atoms with Crippen LogP contribution < -0.4 is 5.32 Å². The Hall–Kier alpha value is -2.02. The molecule has 1 aromatic rings. The number of allylic oxidation sites excluding steroid dienone is 2. The number of carbonyl (C=O) groups is 2. The molecule has 6 rings (SSSR count). The Kier molecular flexibility index (Phi) is 4.63. The standard InChI is InChI=1S/C27H29ClFNO4/c1-13-10-26-12-27(13,34)8-7-16(26)15-4-5-17-22(31)23(32)25(17,2)20(15)21(26)24(33)30-11-14-3-6-19(29)18(28)9-14/h3-4,6,9,16-17,20-22,31,34H,1,5,7-8,10-12H2,2H3,(H,30,33). The molecule has 0 radical (unpaired) electrons. The van der Waals surface area contributed by atoms with Crippen molar-refractivity contribution in [2.45, 2.75) is 57.3 Å². The molecule has 4 fully saturated rings. The molecule has 5 aliphatic rings. The van der Waals surface area contributed by atoms with Gasteiger partial charge in [-0.2, -0.15) is 0 Å². The van der Waals surface area contributed by atoms with Crippen LogP contribution in [0.5, 0.6) is 0 Å². The van der Waals surface area contributed by atoms with Crippen LogP contribution in [-0.4, -0.2) is 33.6 Å². The average molecular weight is 486 g/mol. The average Bonchev–Trinajstić information content (AvgIpc) is 3.19. The predicted octanol–water partition coefficient (Wildman–Crippen LogP) is 3.72. The van der Waals surface area contributed by atoms with Gasteiger partial charge in [-0.15, -0.1) is 0 Å². The lowest BCUT2D eigenvalue weighted by Crippen LogP contribution is -2.66. The van der Waals surface area contributed by atoms with E-state index in [0.717, 1.165) is 17.6 Å². The minimum Gasteiger partial charge on any atom is -0.386 e. The summed E-state index contributed by atoms with van der Waals surface area (Å²) in [6.45, 7) is 6.28. The normalized spacial score (nSPS) is 44.0. The number of halogens is 2. The highest BCUT2D eigenvalue weighted by Gasteiger charge is 2.75. The monoisotopic (exact) mass is 485 g/mol. The second-order valence-corrected chi connectivity index (χ2v) is 11.8. The molecule has 4 saturated carbocycles. The second-order valence-electron chi connectivity index (χ2n) is 11.4. The summed E-state index contributed by atoms with van der Waals surface area (Å²) in [5.74, 6) is -1.78. The van der Waals surface area contributed by atoms with Crippen LogP contribution >= 0.6 is 11.6 Å². The summed E-state index contributed by atoms with van der Waals surface area (Å²) in [6.07, 6.45) is 4.21. The molecule has 1 aromatic carbocycles. The zero-order valence-corrected chi connectivity index (χ0v) is 19.9. The predicted molar refractivity (Wildman–Crippen MR) is 124 cm³/mol. The van der Waals surface area contributed by atoms with Crippen LogP contribution in [0.15, 0.2) is 42.0 Å². The molecule has 180 valence electrons. The molecule has 0 aromatic heterocycles. The minimum absolute atomic E-state index is 0.00221. The van der Waals surface area contributed by atoms with Crippen LogP contribution in [0.2, 0.25) is 5.02 Å². The number of ketones is 1. The molecule has 2 bridgehead atoms. The topological polar surface area (TPSA) is 86.6 Å². The van der Waals surface area contributed by atoms with Crippen LogP contribution in [0.3, 0.4) is 0 Å². The molecule has 5 nitrogen and oxygen atoms in total. The highest BCUT2D eigenvalue weighted by molar-refractivity contribution is 6.30. The van der Waals surface area contributed by atoms with E-state index in [0.29, 0.717) is 31.2 Å². The summed E-state index contributed by atoms with van der Waals surface area (Å²) in [6, 6.07) is 4.36. The summed E-state index contributed by atoms with van der Waals surface area (Å²) in [5, 5.41) is 24.8. The van der Waals surface area contributed by atoms with Crippen molar-refractivity contribution in [3.8, 4) is 0 Å². The van der Waals surface area contributed by atoms with Crippen molar-refractivity contribution in [2.75, 3.05) is 0 Å². The second kappa shape index (κ2) is 7.02. The number of benzene rings is 1. The fourth-order valence-corrected chi connectivity index (χ4v) is 8.61. The van der Waals surface area contributed by atoms with Gasteiger partial charge in [0.2, 0.25) is 5.91 Å². The molecular weight excluding hydrogens is 457 g/mol. The highest BCUT2D eigenvalue weighted by atomic mass is 35.5. The van der Waals surface area contributed by atoms with Crippen molar-refractivity contribution in [3.05, 3.63) is 58.4 Å². The number of nitrogens with one attached hydrogen (secondary N) is 1. The maximum atomic E-state index is 14.0. The van der Waals surface area contributed by atoms with E-state index >= 15 is 0 Å². The van der Waals surface area contributed by atoms with E-state index in [1.807, 2.05) is 6.92 Å². The number of aliphatic hydroxyl groups is 2. The summed E-state index contributed by atoms with van der Waals surface area (Å²) < 4.78 is 13.6. The molecule has 34 heavy (non-hydrogen) atoms. The van der Waals surface area contributed by atoms with Crippen molar-refractivity contribution in [1.29, 1.82) is 0 Å². The minimum atomic E-state index is -0.983. The Morgan fingerprint density at radius 2 is 2.15 bits per heavy atom. The zero-order valence-electron chi connectivity index (χ0n) is 19.1. The van der Waals surface area contributed by atoms with E-state index in [1.165, 1.54) is 12.1 Å². The fraction of sp³-hybridized carbons (Fsp3) is 0.556. The fourth-order valence-electron chi connectivity index (χ4n) is 8.41. The van der Waals surface area contributed by atoms with Gasteiger partial charge in [0.1, 0.15) is 11.9 Å². The number of fused-ring (bicyclic) bond motifs is 5. The molecule has 1 amide bonds. The summed E-state index contributed by atoms with van der Waals surface area (Å²) in [7, 11) is 0. The van der Waals surface area contributed by atoms with Crippen LogP contribution in [0, 0.1) is 40.3 Å². The van der Waals surface area contributed by atoms with Gasteiger partial charge in [-0.1, -0.05) is 42.8 Å². The van der Waals surface area contributed by atoms with Crippen LogP contribution in [0.4, 0.5) is 4.39 Å². The summed E-state index contributed by atoms with van der Waals surface area (Å²) in [5.41, 5.74) is 0.348. The quantitative estimate of drug-likeness (QED) is 0.569. The van der Waals surface area contributed by atoms with E-state index in [4.69, 9.17) is 11.6 Å². The van der Waals surface area contributed by atoms with Gasteiger partial charge >= 0.3 is 0 Å². The number of carbonyl (C=O) groups excluding carboxylic acids is 2. The van der Waals surface area contributed by atoms with Gasteiger partial charge in [0, 0.05) is 23.8 Å². The van der Waals surface area contributed by atoms with E-state index in [2.05, 4.69) is 18.0 Å². The Labute approximate surface area is 203 Å². The molecule has 0 heterocycles. The SMILES string of the molecule is C=C1CC23CC1(O)CCC2C1=CCC2C(O)C(=O)C2(C)C1C3C(=O)NCc1ccc(F)c(Cl)c1. The largest absolute Gasteiger partial charge is 0.386 e. The molecule has 0 saturated heterocycles. The van der Waals surface area contributed by atoms with Crippen molar-refractivity contribution in [1.82, 2.24) is 5.32 Å². The number of hydrogen-bond acceptors (Lipinski definition) is 4. The van der Waals surface area contributed by atoms with E-state index < -0.39 is 34.3 Å². The van der Waals surface area contributed by atoms with Gasteiger partial charge in [0.25, 0.3) is 0 Å². The molecule has 8 atom stereocenters. The first-order valence-electron chi connectivity index (χ1n) is 12.1. The van der Waals surface area contributed by atoms with Crippen LogP contribution in [0.1, 0.15) is 44.6 Å². The highest BCUT2D eigenvalue weighted by Crippen LogP contribution is 2.75. The molecular formula is C27H29ClFNO4. The Morgan fingerprint density at radius 1 is 1.38 bits per heavy atom. The van der Waals surface area contributed by atoms with E-state index in [9.17, 15) is 24.2 Å². The first-order valence-corrected chi connectivity index (χ1v) is 12.5. The van der Waals surface area contributed by atoms with Crippen molar-refractivity contribution in [2.24, 2.45) is 34.5 Å². The van der Waals surface area contributed by atoms with Crippen LogP contribution in [-0.2, 0) is 16.1 Å². The summed E-state index contributed by atoms with van der Waals surface area (Å²) in [4.78, 5) is 27.0. The lowest BCUT2D eigenvalue weighted by atomic mass is 9.46. The molecule has 3 N–H and O–H groups in total. The van der Waals surface area contributed by atoms with Gasteiger partial charge in [-0.05, 0) is 66.7 Å². The third kappa shape index (κ3) is 2.62. The number of amides is 1. The molecule has 8 unspecified atom stereocenters. The maximum Gasteiger partial charge on any atom is 0.224 e. The zero-order chi connectivity index (χ0) is 24.2. The Bertz CT molecular complexity index is 1180. The van der Waals surface area contributed by atoms with Crippen molar-refractivity contribution >= 4 is 23.3 Å². The maximum absolute atomic E-state index is 14.0. The van der Waals surface area contributed by atoms with Gasteiger partial charge < -0.3 is 15.5 Å². The molecule has 1 spiro atoms. The third-order valence-electron chi connectivity index (χ3n) is 10.0. The van der Waals surface area contributed by atoms with E-state index in [1.54, 1.807) is 6.07 Å². The van der Waals surface area contributed by atoms with Gasteiger partial charge in [-0.25, -0.2) is 4.39 Å². The molecule has 7 heteroatoms. The molecule has 5 aliphatic carbocycles. The van der Waals surface area contributed by atoms with Crippen molar-refractivity contribution in [3.63, 3.8) is 0 Å². The smallest absolute Gasteiger partial charge is 0.224 e. The third-order valence-corrected chi connectivity index (χ3v) is 10.3.